The van der Waals surface area contributed by atoms with Crippen molar-refractivity contribution < 1.29 is 23.9 Å². The summed E-state index contributed by atoms with van der Waals surface area (Å²) >= 11 is 0. The van der Waals surface area contributed by atoms with Crippen LogP contribution in [0.3, 0.4) is 0 Å². The molecule has 0 spiro atoms. The van der Waals surface area contributed by atoms with E-state index in [9.17, 15) is 19.2 Å². The lowest BCUT2D eigenvalue weighted by atomic mass is 10.1. The Hall–Kier alpha value is -2.96. The maximum absolute atomic E-state index is 12.2. The maximum Gasteiger partial charge on any atom is 0.328 e. The van der Waals surface area contributed by atoms with Crippen molar-refractivity contribution in [1.82, 2.24) is 10.2 Å². The molecule has 1 N–H and O–H groups in total. The molecule has 0 bridgehead atoms. The van der Waals surface area contributed by atoms with E-state index in [4.69, 9.17) is 0 Å². The molecule has 1 heterocycles. The zero-order valence-corrected chi connectivity index (χ0v) is 12.8. The van der Waals surface area contributed by atoms with Crippen molar-refractivity contribution in [1.29, 1.82) is 0 Å². The zero-order chi connectivity index (χ0) is 17.1. The predicted octanol–water partition coefficient (Wildman–Crippen LogP) is 0.760. The number of carbonyl (C=O) groups is 4. The highest BCUT2D eigenvalue weighted by molar-refractivity contribution is 6.22. The summed E-state index contributed by atoms with van der Waals surface area (Å²) in [6, 6.07) is 3.38. The van der Waals surface area contributed by atoms with E-state index in [1.165, 1.54) is 38.3 Å². The quantitative estimate of drug-likeness (QED) is 0.492. The van der Waals surface area contributed by atoms with Gasteiger partial charge in [-0.1, -0.05) is 6.08 Å². The minimum atomic E-state index is -0.824. The van der Waals surface area contributed by atoms with E-state index in [1.807, 2.05) is 0 Å². The van der Waals surface area contributed by atoms with Gasteiger partial charge in [0.2, 0.25) is 0 Å². The molecule has 1 atom stereocenters. The Balaban J connectivity index is 2.25. The minimum Gasteiger partial charge on any atom is -0.467 e. The van der Waals surface area contributed by atoms with Crippen LogP contribution in [0.2, 0.25) is 0 Å². The Morgan fingerprint density at radius 3 is 2.57 bits per heavy atom. The SMILES string of the molecule is C=CCN1C(=O)c2ccc(C(=O)NC(C)C(=O)OC)cc2C1=O. The molecule has 0 fully saturated rings. The van der Waals surface area contributed by atoms with Gasteiger partial charge in [0.05, 0.1) is 18.2 Å². The van der Waals surface area contributed by atoms with Crippen LogP contribution in [0.1, 0.15) is 38.0 Å². The summed E-state index contributed by atoms with van der Waals surface area (Å²) in [4.78, 5) is 48.8. The third kappa shape index (κ3) is 2.98. The van der Waals surface area contributed by atoms with Gasteiger partial charge in [0.1, 0.15) is 6.04 Å². The average Bonchev–Trinajstić information content (AvgIpc) is 2.78. The fourth-order valence-corrected chi connectivity index (χ4v) is 2.24. The molecule has 7 nitrogen and oxygen atoms in total. The second kappa shape index (κ2) is 6.43. The first-order valence-corrected chi connectivity index (χ1v) is 6.90. The zero-order valence-electron chi connectivity index (χ0n) is 12.8. The molecule has 1 aliphatic rings. The van der Waals surface area contributed by atoms with E-state index >= 15 is 0 Å². The van der Waals surface area contributed by atoms with E-state index in [1.54, 1.807) is 0 Å². The molecule has 1 unspecified atom stereocenters. The van der Waals surface area contributed by atoms with E-state index in [-0.39, 0.29) is 23.2 Å². The van der Waals surface area contributed by atoms with Gasteiger partial charge in [-0.2, -0.15) is 0 Å². The fraction of sp³-hybridized carbons (Fsp3) is 0.250. The van der Waals surface area contributed by atoms with Gasteiger partial charge in [-0.05, 0) is 25.1 Å². The first-order chi connectivity index (χ1) is 10.9. The number of ether oxygens (including phenoxy) is 1. The summed E-state index contributed by atoms with van der Waals surface area (Å²) in [6.07, 6.45) is 1.45. The molecule has 23 heavy (non-hydrogen) atoms. The first kappa shape index (κ1) is 16.4. The van der Waals surface area contributed by atoms with Gasteiger partial charge in [0.15, 0.2) is 0 Å². The van der Waals surface area contributed by atoms with Gasteiger partial charge in [0, 0.05) is 12.1 Å². The third-order valence-electron chi connectivity index (χ3n) is 3.45. The highest BCUT2D eigenvalue weighted by atomic mass is 16.5. The number of rotatable bonds is 5. The molecule has 0 aliphatic carbocycles. The normalized spacial score (nSPS) is 14.3. The lowest BCUT2D eigenvalue weighted by molar-refractivity contribution is -0.142. The third-order valence-corrected chi connectivity index (χ3v) is 3.45. The van der Waals surface area contributed by atoms with Gasteiger partial charge in [-0.3, -0.25) is 19.3 Å². The van der Waals surface area contributed by atoms with Crippen LogP contribution in [-0.2, 0) is 9.53 Å². The van der Waals surface area contributed by atoms with Crippen LogP contribution in [0.5, 0.6) is 0 Å². The molecule has 0 saturated carbocycles. The molecular formula is C16H16N2O5. The minimum absolute atomic E-state index is 0.104. The van der Waals surface area contributed by atoms with Gasteiger partial charge >= 0.3 is 5.97 Å². The van der Waals surface area contributed by atoms with E-state index in [0.717, 1.165) is 4.90 Å². The van der Waals surface area contributed by atoms with Crippen molar-refractivity contribution in [2.24, 2.45) is 0 Å². The number of hydrogen-bond donors (Lipinski definition) is 1. The Morgan fingerprint density at radius 2 is 1.96 bits per heavy atom. The second-order valence-electron chi connectivity index (χ2n) is 4.99. The van der Waals surface area contributed by atoms with Crippen LogP contribution in [-0.4, -0.2) is 48.3 Å². The van der Waals surface area contributed by atoms with Crippen molar-refractivity contribution in [3.8, 4) is 0 Å². The number of nitrogens with zero attached hydrogens (tertiary/aromatic N) is 1. The standard InChI is InChI=1S/C16H16N2O5/c1-4-7-18-14(20)11-6-5-10(8-12(11)15(18)21)13(19)17-9(2)16(22)23-3/h4-6,8-9H,1,7H2,2-3H3,(H,17,19). The predicted molar refractivity (Wildman–Crippen MR) is 81.0 cm³/mol. The smallest absolute Gasteiger partial charge is 0.328 e. The number of esters is 1. The van der Waals surface area contributed by atoms with Gasteiger partial charge in [-0.15, -0.1) is 6.58 Å². The number of methoxy groups -OCH3 is 1. The van der Waals surface area contributed by atoms with Gasteiger partial charge in [-0.25, -0.2) is 4.79 Å². The van der Waals surface area contributed by atoms with E-state index in [0.29, 0.717) is 0 Å². The Bertz CT molecular complexity index is 710. The molecule has 0 saturated heterocycles. The number of nitrogens with one attached hydrogen (secondary N) is 1. The second-order valence-corrected chi connectivity index (χ2v) is 4.99. The summed E-state index contributed by atoms with van der Waals surface area (Å²) in [6.45, 7) is 5.09. The Kier molecular flexibility index (Phi) is 4.59. The van der Waals surface area contributed by atoms with Crippen LogP contribution < -0.4 is 5.32 Å². The summed E-state index contributed by atoms with van der Waals surface area (Å²) in [5.74, 6) is -2.00. The van der Waals surface area contributed by atoms with E-state index in [2.05, 4.69) is 16.6 Å². The van der Waals surface area contributed by atoms with Crippen LogP contribution in [0.25, 0.3) is 0 Å². The van der Waals surface area contributed by atoms with Crippen molar-refractivity contribution in [3.63, 3.8) is 0 Å². The lowest BCUT2D eigenvalue weighted by Gasteiger charge is -2.11. The molecule has 1 aromatic rings. The molecule has 3 amide bonds. The largest absolute Gasteiger partial charge is 0.467 e. The molecular weight excluding hydrogens is 300 g/mol. The lowest BCUT2D eigenvalue weighted by Crippen LogP contribution is -2.39. The van der Waals surface area contributed by atoms with Gasteiger partial charge in [0.25, 0.3) is 17.7 Å². The molecule has 1 aromatic carbocycles. The first-order valence-electron chi connectivity index (χ1n) is 6.90. The Morgan fingerprint density at radius 1 is 1.30 bits per heavy atom. The van der Waals surface area contributed by atoms with Crippen molar-refractivity contribution >= 4 is 23.7 Å². The molecule has 120 valence electrons. The summed E-state index contributed by atoms with van der Waals surface area (Å²) in [7, 11) is 1.22. The monoisotopic (exact) mass is 316 g/mol. The van der Waals surface area contributed by atoms with Crippen molar-refractivity contribution in [2.45, 2.75) is 13.0 Å². The summed E-state index contributed by atoms with van der Waals surface area (Å²) < 4.78 is 4.53. The Labute approximate surface area is 132 Å². The number of hydrogen-bond acceptors (Lipinski definition) is 5. The highest BCUT2D eigenvalue weighted by Crippen LogP contribution is 2.24. The molecule has 0 radical (unpaired) electrons. The number of imide groups is 1. The maximum atomic E-state index is 12.2. The average molecular weight is 316 g/mol. The fourth-order valence-electron chi connectivity index (χ4n) is 2.24. The van der Waals surface area contributed by atoms with E-state index < -0.39 is 29.7 Å². The molecule has 0 aromatic heterocycles. The topological polar surface area (TPSA) is 92.8 Å². The summed E-state index contributed by atoms with van der Waals surface area (Å²) in [5.41, 5.74) is 0.589. The van der Waals surface area contributed by atoms with Crippen molar-refractivity contribution in [3.05, 3.63) is 47.5 Å². The number of benzene rings is 1. The molecule has 7 heteroatoms. The number of amides is 3. The van der Waals surface area contributed by atoms with Crippen LogP contribution in [0.15, 0.2) is 30.9 Å². The number of fused-ring (bicyclic) bond motifs is 1. The highest BCUT2D eigenvalue weighted by Gasteiger charge is 2.35. The van der Waals surface area contributed by atoms with Gasteiger partial charge < -0.3 is 10.1 Å². The summed E-state index contributed by atoms with van der Waals surface area (Å²) in [5, 5.41) is 2.46. The molecule has 2 rings (SSSR count). The van der Waals surface area contributed by atoms with Crippen molar-refractivity contribution in [2.75, 3.05) is 13.7 Å². The number of carbonyl (C=O) groups excluding carboxylic acids is 4. The molecule has 1 aliphatic heterocycles. The van der Waals surface area contributed by atoms with Crippen LogP contribution in [0.4, 0.5) is 0 Å². The van der Waals surface area contributed by atoms with Crippen LogP contribution >= 0.6 is 0 Å². The van der Waals surface area contributed by atoms with Crippen LogP contribution in [0, 0.1) is 0 Å².